The second kappa shape index (κ2) is 7.81. The van der Waals surface area contributed by atoms with Crippen molar-refractivity contribution in [3.63, 3.8) is 0 Å². The molecule has 21 heavy (non-hydrogen) atoms. The molecular formula is C17H27ClN2O. The summed E-state index contributed by atoms with van der Waals surface area (Å²) >= 11 is 0. The van der Waals surface area contributed by atoms with Crippen LogP contribution in [0.2, 0.25) is 0 Å². The summed E-state index contributed by atoms with van der Waals surface area (Å²) in [5.41, 5.74) is 7.19. The summed E-state index contributed by atoms with van der Waals surface area (Å²) in [6.45, 7) is 5.49. The molecule has 1 aromatic rings. The zero-order valence-electron chi connectivity index (χ0n) is 13.0. The topological polar surface area (TPSA) is 46.3 Å². The van der Waals surface area contributed by atoms with Crippen LogP contribution in [0.1, 0.15) is 45.1 Å². The first-order valence-corrected chi connectivity index (χ1v) is 7.66. The molecule has 1 fully saturated rings. The van der Waals surface area contributed by atoms with Crippen LogP contribution in [0, 0.1) is 5.92 Å². The van der Waals surface area contributed by atoms with Crippen LogP contribution >= 0.6 is 12.4 Å². The number of carbonyl (C=O) groups excluding carboxylic acids is 1. The number of nitrogens with zero attached hydrogens (tertiary/aromatic N) is 1. The van der Waals surface area contributed by atoms with Crippen LogP contribution in [0.4, 0.5) is 0 Å². The molecule has 1 aromatic carbocycles. The van der Waals surface area contributed by atoms with E-state index in [9.17, 15) is 4.79 Å². The number of carbonyl (C=O) groups is 1. The third-order valence-corrected chi connectivity index (χ3v) is 4.46. The SMILES string of the molecule is CCN(Cc1ccccc1)C(=O)C1CCCCC1(C)N.Cl. The molecule has 1 aliphatic carbocycles. The standard InChI is InChI=1S/C17H26N2O.ClH/c1-3-19(13-14-9-5-4-6-10-14)16(20)15-11-7-8-12-17(15,2)18;/h4-6,9-10,15H,3,7-8,11-13,18H2,1-2H3;1H. The van der Waals surface area contributed by atoms with Crippen LogP contribution in [-0.2, 0) is 11.3 Å². The molecule has 2 atom stereocenters. The van der Waals surface area contributed by atoms with E-state index in [-0.39, 0.29) is 29.8 Å². The van der Waals surface area contributed by atoms with Gasteiger partial charge in [-0.3, -0.25) is 4.79 Å². The van der Waals surface area contributed by atoms with Gasteiger partial charge in [-0.1, -0.05) is 43.2 Å². The van der Waals surface area contributed by atoms with Gasteiger partial charge in [-0.05, 0) is 32.3 Å². The van der Waals surface area contributed by atoms with Crippen molar-refractivity contribution in [3.8, 4) is 0 Å². The minimum absolute atomic E-state index is 0. The summed E-state index contributed by atoms with van der Waals surface area (Å²) in [5.74, 6) is 0.195. The fourth-order valence-corrected chi connectivity index (χ4v) is 3.13. The summed E-state index contributed by atoms with van der Waals surface area (Å²) in [4.78, 5) is 14.7. The monoisotopic (exact) mass is 310 g/mol. The third kappa shape index (κ3) is 4.45. The highest BCUT2D eigenvalue weighted by Crippen LogP contribution is 2.33. The number of amides is 1. The van der Waals surface area contributed by atoms with Crippen molar-refractivity contribution >= 4 is 18.3 Å². The summed E-state index contributed by atoms with van der Waals surface area (Å²) in [6.07, 6.45) is 4.14. The lowest BCUT2D eigenvalue weighted by molar-refractivity contribution is -0.139. The average molecular weight is 311 g/mol. The number of benzene rings is 1. The molecule has 1 aliphatic rings. The second-order valence-electron chi connectivity index (χ2n) is 6.14. The Kier molecular flexibility index (Phi) is 6.69. The van der Waals surface area contributed by atoms with Gasteiger partial charge in [-0.2, -0.15) is 0 Å². The molecule has 0 aliphatic heterocycles. The fourth-order valence-electron chi connectivity index (χ4n) is 3.13. The third-order valence-electron chi connectivity index (χ3n) is 4.46. The predicted octanol–water partition coefficient (Wildman–Crippen LogP) is 3.36. The minimum atomic E-state index is -0.348. The van der Waals surface area contributed by atoms with E-state index < -0.39 is 0 Å². The Labute approximate surface area is 134 Å². The highest BCUT2D eigenvalue weighted by atomic mass is 35.5. The van der Waals surface area contributed by atoms with E-state index in [0.717, 1.165) is 32.2 Å². The number of nitrogens with two attached hydrogens (primary N) is 1. The number of hydrogen-bond acceptors (Lipinski definition) is 2. The molecule has 2 N–H and O–H groups in total. The Morgan fingerprint density at radius 3 is 2.57 bits per heavy atom. The van der Waals surface area contributed by atoms with Crippen molar-refractivity contribution in [1.29, 1.82) is 0 Å². The molecule has 0 spiro atoms. The number of hydrogen-bond donors (Lipinski definition) is 1. The van der Waals surface area contributed by atoms with Gasteiger partial charge in [0.15, 0.2) is 0 Å². The first-order chi connectivity index (χ1) is 9.54. The van der Waals surface area contributed by atoms with Crippen molar-refractivity contribution in [2.45, 2.75) is 51.6 Å². The van der Waals surface area contributed by atoms with E-state index in [1.54, 1.807) is 0 Å². The Morgan fingerprint density at radius 2 is 2.00 bits per heavy atom. The van der Waals surface area contributed by atoms with Gasteiger partial charge >= 0.3 is 0 Å². The quantitative estimate of drug-likeness (QED) is 0.927. The summed E-state index contributed by atoms with van der Waals surface area (Å²) < 4.78 is 0. The predicted molar refractivity (Wildman–Crippen MR) is 89.3 cm³/mol. The maximum atomic E-state index is 12.8. The van der Waals surface area contributed by atoms with Gasteiger partial charge in [0.25, 0.3) is 0 Å². The van der Waals surface area contributed by atoms with Crippen LogP contribution in [0.3, 0.4) is 0 Å². The molecule has 1 amide bonds. The van der Waals surface area contributed by atoms with Gasteiger partial charge in [0.05, 0.1) is 5.92 Å². The van der Waals surface area contributed by atoms with Gasteiger partial charge in [-0.25, -0.2) is 0 Å². The zero-order valence-corrected chi connectivity index (χ0v) is 13.9. The van der Waals surface area contributed by atoms with Crippen molar-refractivity contribution in [3.05, 3.63) is 35.9 Å². The van der Waals surface area contributed by atoms with Crippen LogP contribution in [-0.4, -0.2) is 22.9 Å². The van der Waals surface area contributed by atoms with Crippen molar-refractivity contribution in [1.82, 2.24) is 4.90 Å². The Balaban J connectivity index is 0.00000220. The maximum absolute atomic E-state index is 12.8. The van der Waals surface area contributed by atoms with Gasteiger partial charge < -0.3 is 10.6 Å². The molecule has 118 valence electrons. The van der Waals surface area contributed by atoms with E-state index in [0.29, 0.717) is 6.54 Å². The Morgan fingerprint density at radius 1 is 1.33 bits per heavy atom. The molecular weight excluding hydrogens is 284 g/mol. The Hall–Kier alpha value is -1.06. The van der Waals surface area contributed by atoms with Crippen LogP contribution in [0.5, 0.6) is 0 Å². The average Bonchev–Trinajstić information content (AvgIpc) is 2.45. The first-order valence-electron chi connectivity index (χ1n) is 7.66. The smallest absolute Gasteiger partial charge is 0.227 e. The van der Waals surface area contributed by atoms with Crippen molar-refractivity contribution in [2.24, 2.45) is 11.7 Å². The van der Waals surface area contributed by atoms with E-state index >= 15 is 0 Å². The van der Waals surface area contributed by atoms with E-state index in [4.69, 9.17) is 5.73 Å². The van der Waals surface area contributed by atoms with E-state index in [2.05, 4.69) is 12.1 Å². The minimum Gasteiger partial charge on any atom is -0.338 e. The lowest BCUT2D eigenvalue weighted by Crippen LogP contribution is -2.53. The summed E-state index contributed by atoms with van der Waals surface area (Å²) in [5, 5.41) is 0. The molecule has 0 aromatic heterocycles. The first kappa shape index (κ1) is 18.0. The largest absolute Gasteiger partial charge is 0.338 e. The highest BCUT2D eigenvalue weighted by molar-refractivity contribution is 5.85. The molecule has 1 saturated carbocycles. The number of rotatable bonds is 4. The molecule has 2 unspecified atom stereocenters. The number of halogens is 1. The zero-order chi connectivity index (χ0) is 14.6. The molecule has 2 rings (SSSR count). The van der Waals surface area contributed by atoms with Gasteiger partial charge in [0.1, 0.15) is 0 Å². The van der Waals surface area contributed by atoms with Crippen molar-refractivity contribution in [2.75, 3.05) is 6.54 Å². The molecule has 3 nitrogen and oxygen atoms in total. The second-order valence-corrected chi connectivity index (χ2v) is 6.14. The van der Waals surface area contributed by atoms with Crippen LogP contribution in [0.25, 0.3) is 0 Å². The molecule has 0 saturated heterocycles. The van der Waals surface area contributed by atoms with Gasteiger partial charge in [0, 0.05) is 18.6 Å². The van der Waals surface area contributed by atoms with Crippen LogP contribution < -0.4 is 5.73 Å². The van der Waals surface area contributed by atoms with Crippen molar-refractivity contribution < 1.29 is 4.79 Å². The summed E-state index contributed by atoms with van der Waals surface area (Å²) in [6, 6.07) is 10.2. The normalized spacial score (nSPS) is 25.0. The van der Waals surface area contributed by atoms with E-state index in [1.807, 2.05) is 36.9 Å². The molecule has 0 bridgehead atoms. The van der Waals surface area contributed by atoms with Gasteiger partial charge in [0.2, 0.25) is 5.91 Å². The lowest BCUT2D eigenvalue weighted by Gasteiger charge is -2.39. The van der Waals surface area contributed by atoms with E-state index in [1.165, 1.54) is 5.56 Å². The summed E-state index contributed by atoms with van der Waals surface area (Å²) in [7, 11) is 0. The van der Waals surface area contributed by atoms with Crippen LogP contribution in [0.15, 0.2) is 30.3 Å². The maximum Gasteiger partial charge on any atom is 0.227 e. The fraction of sp³-hybridized carbons (Fsp3) is 0.588. The molecule has 0 radical (unpaired) electrons. The van der Waals surface area contributed by atoms with Gasteiger partial charge in [-0.15, -0.1) is 12.4 Å². The molecule has 4 heteroatoms. The molecule has 0 heterocycles. The Bertz CT molecular complexity index is 447. The lowest BCUT2D eigenvalue weighted by atomic mass is 9.74. The highest BCUT2D eigenvalue weighted by Gasteiger charge is 2.39.